The normalized spacial score (nSPS) is 17.9. The molecule has 0 amide bonds. The fourth-order valence-electron chi connectivity index (χ4n) is 3.39. The van der Waals surface area contributed by atoms with E-state index in [0.29, 0.717) is 29.6 Å². The predicted octanol–water partition coefficient (Wildman–Crippen LogP) is 3.18. The van der Waals surface area contributed by atoms with Crippen molar-refractivity contribution in [3.05, 3.63) is 72.8 Å². The van der Waals surface area contributed by atoms with Gasteiger partial charge in [0, 0.05) is 37.1 Å². The van der Waals surface area contributed by atoms with Gasteiger partial charge < -0.3 is 5.32 Å². The van der Waals surface area contributed by atoms with Gasteiger partial charge in [-0.2, -0.15) is 4.31 Å². The number of benzene rings is 1. The Morgan fingerprint density at radius 3 is 2.64 bits per heavy atom. The van der Waals surface area contributed by atoms with E-state index in [2.05, 4.69) is 20.3 Å². The molecule has 0 spiro atoms. The molecule has 0 aliphatic carbocycles. The molecule has 8 heteroatoms. The standard InChI is InChI=1S/C20H21N5O2S/c26-28(27,17-7-2-1-3-8-17)25-13-5-6-16(15-25)18-9-4-10-19(23-18)24-20-14-21-11-12-22-20/h1-4,7-12,14,16H,5-6,13,15H2,(H,22,23,24)/t16-/m0/s1. The molecule has 144 valence electrons. The van der Waals surface area contributed by atoms with E-state index in [-0.39, 0.29) is 5.92 Å². The van der Waals surface area contributed by atoms with Crippen LogP contribution in [0.5, 0.6) is 0 Å². The number of anilines is 2. The first-order valence-corrected chi connectivity index (χ1v) is 10.6. The van der Waals surface area contributed by atoms with Crippen LogP contribution in [0.25, 0.3) is 0 Å². The predicted molar refractivity (Wildman–Crippen MR) is 107 cm³/mol. The number of piperidine rings is 1. The molecule has 1 atom stereocenters. The second-order valence-electron chi connectivity index (χ2n) is 6.68. The van der Waals surface area contributed by atoms with Crippen LogP contribution in [-0.2, 0) is 10.0 Å². The number of sulfonamides is 1. The maximum absolute atomic E-state index is 13.0. The minimum absolute atomic E-state index is 0.0517. The lowest BCUT2D eigenvalue weighted by Crippen LogP contribution is -2.39. The number of hydrogen-bond acceptors (Lipinski definition) is 6. The zero-order valence-corrected chi connectivity index (χ0v) is 16.1. The number of hydrogen-bond donors (Lipinski definition) is 1. The van der Waals surface area contributed by atoms with E-state index in [4.69, 9.17) is 0 Å². The molecule has 0 saturated carbocycles. The topological polar surface area (TPSA) is 88.1 Å². The van der Waals surface area contributed by atoms with E-state index in [1.807, 2.05) is 24.3 Å². The Kier molecular flexibility index (Phi) is 5.31. The van der Waals surface area contributed by atoms with E-state index in [1.165, 1.54) is 0 Å². The summed E-state index contributed by atoms with van der Waals surface area (Å²) in [7, 11) is -3.49. The van der Waals surface area contributed by atoms with Gasteiger partial charge in [-0.3, -0.25) is 4.98 Å². The number of nitrogens with zero attached hydrogens (tertiary/aromatic N) is 4. The summed E-state index contributed by atoms with van der Waals surface area (Å²) in [5.74, 6) is 1.33. The molecule has 4 rings (SSSR count). The van der Waals surface area contributed by atoms with Crippen LogP contribution < -0.4 is 5.32 Å². The second-order valence-corrected chi connectivity index (χ2v) is 8.62. The molecule has 1 aliphatic heterocycles. The van der Waals surface area contributed by atoms with Crippen molar-refractivity contribution in [3.8, 4) is 0 Å². The van der Waals surface area contributed by atoms with Crippen molar-refractivity contribution < 1.29 is 8.42 Å². The summed E-state index contributed by atoms with van der Waals surface area (Å²) in [4.78, 5) is 13.2. The van der Waals surface area contributed by atoms with Crippen LogP contribution in [0.3, 0.4) is 0 Å². The molecule has 0 unspecified atom stereocenters. The van der Waals surface area contributed by atoms with Crippen LogP contribution >= 0.6 is 0 Å². The van der Waals surface area contributed by atoms with Gasteiger partial charge in [0.05, 0.1) is 11.1 Å². The van der Waals surface area contributed by atoms with Gasteiger partial charge in [-0.25, -0.2) is 18.4 Å². The monoisotopic (exact) mass is 395 g/mol. The number of aromatic nitrogens is 3. The minimum atomic E-state index is -3.49. The summed E-state index contributed by atoms with van der Waals surface area (Å²) >= 11 is 0. The Balaban J connectivity index is 1.53. The van der Waals surface area contributed by atoms with Crippen molar-refractivity contribution in [1.29, 1.82) is 0 Å². The molecular weight excluding hydrogens is 374 g/mol. The van der Waals surface area contributed by atoms with Crippen LogP contribution in [0.15, 0.2) is 72.0 Å². The Labute approximate surface area is 164 Å². The Morgan fingerprint density at radius 1 is 1.00 bits per heavy atom. The number of pyridine rings is 1. The highest BCUT2D eigenvalue weighted by molar-refractivity contribution is 7.89. The van der Waals surface area contributed by atoms with Crippen molar-refractivity contribution in [1.82, 2.24) is 19.3 Å². The van der Waals surface area contributed by atoms with Crippen molar-refractivity contribution >= 4 is 21.7 Å². The first-order valence-electron chi connectivity index (χ1n) is 9.18. The Bertz CT molecular complexity index is 1030. The number of nitrogens with one attached hydrogen (secondary N) is 1. The Hall–Kier alpha value is -2.84. The maximum atomic E-state index is 13.0. The van der Waals surface area contributed by atoms with Crippen molar-refractivity contribution in [2.45, 2.75) is 23.7 Å². The molecule has 1 saturated heterocycles. The van der Waals surface area contributed by atoms with E-state index < -0.39 is 10.0 Å². The fraction of sp³-hybridized carbons (Fsp3) is 0.250. The van der Waals surface area contributed by atoms with Crippen LogP contribution in [0.2, 0.25) is 0 Å². The third-order valence-electron chi connectivity index (χ3n) is 4.77. The van der Waals surface area contributed by atoms with E-state index >= 15 is 0 Å². The van der Waals surface area contributed by atoms with Crippen LogP contribution in [0.1, 0.15) is 24.5 Å². The summed E-state index contributed by atoms with van der Waals surface area (Å²) in [6, 6.07) is 14.3. The van der Waals surface area contributed by atoms with Gasteiger partial charge in [0.15, 0.2) is 0 Å². The summed E-state index contributed by atoms with van der Waals surface area (Å²) in [5.41, 5.74) is 0.877. The van der Waals surface area contributed by atoms with Gasteiger partial charge in [-0.05, 0) is 37.1 Å². The molecule has 3 aromatic rings. The summed E-state index contributed by atoms with van der Waals surface area (Å²) in [6.07, 6.45) is 6.56. The molecule has 2 aromatic heterocycles. The SMILES string of the molecule is O=S(=O)(c1ccccc1)N1CCC[C@H](c2cccc(Nc3cnccn3)n2)C1. The molecule has 1 aromatic carbocycles. The zero-order valence-electron chi connectivity index (χ0n) is 15.3. The zero-order chi connectivity index (χ0) is 19.4. The first kappa shape index (κ1) is 18.5. The summed E-state index contributed by atoms with van der Waals surface area (Å²) in [6.45, 7) is 0.962. The molecule has 3 heterocycles. The molecule has 1 aliphatic rings. The lowest BCUT2D eigenvalue weighted by Gasteiger charge is -2.31. The quantitative estimate of drug-likeness (QED) is 0.714. The first-order chi connectivity index (χ1) is 13.6. The molecule has 1 N–H and O–H groups in total. The highest BCUT2D eigenvalue weighted by Gasteiger charge is 2.31. The van der Waals surface area contributed by atoms with Crippen molar-refractivity contribution in [3.63, 3.8) is 0 Å². The van der Waals surface area contributed by atoms with Gasteiger partial charge in [0.2, 0.25) is 10.0 Å². The molecule has 1 fully saturated rings. The lowest BCUT2D eigenvalue weighted by molar-refractivity contribution is 0.313. The van der Waals surface area contributed by atoms with Crippen LogP contribution in [0, 0.1) is 0 Å². The molecule has 7 nitrogen and oxygen atoms in total. The molecule has 0 radical (unpaired) electrons. The van der Waals surface area contributed by atoms with Crippen molar-refractivity contribution in [2.24, 2.45) is 0 Å². The smallest absolute Gasteiger partial charge is 0.243 e. The van der Waals surface area contributed by atoms with Gasteiger partial charge in [0.25, 0.3) is 0 Å². The highest BCUT2D eigenvalue weighted by Crippen LogP contribution is 2.30. The average Bonchev–Trinajstić information content (AvgIpc) is 2.75. The third kappa shape index (κ3) is 4.02. The van der Waals surface area contributed by atoms with Gasteiger partial charge in [0.1, 0.15) is 11.6 Å². The van der Waals surface area contributed by atoms with Crippen molar-refractivity contribution in [2.75, 3.05) is 18.4 Å². The minimum Gasteiger partial charge on any atom is -0.324 e. The largest absolute Gasteiger partial charge is 0.324 e. The summed E-state index contributed by atoms with van der Waals surface area (Å²) in [5, 5.41) is 3.13. The van der Waals surface area contributed by atoms with Gasteiger partial charge in [-0.1, -0.05) is 24.3 Å². The van der Waals surface area contributed by atoms with E-state index in [1.54, 1.807) is 47.2 Å². The van der Waals surface area contributed by atoms with Crippen LogP contribution in [-0.4, -0.2) is 40.8 Å². The van der Waals surface area contributed by atoms with E-state index in [0.717, 1.165) is 18.5 Å². The van der Waals surface area contributed by atoms with Gasteiger partial charge >= 0.3 is 0 Å². The second kappa shape index (κ2) is 8.04. The molecule has 28 heavy (non-hydrogen) atoms. The fourth-order valence-corrected chi connectivity index (χ4v) is 4.93. The maximum Gasteiger partial charge on any atom is 0.243 e. The van der Waals surface area contributed by atoms with Crippen LogP contribution in [0.4, 0.5) is 11.6 Å². The average molecular weight is 395 g/mol. The van der Waals surface area contributed by atoms with Gasteiger partial charge in [-0.15, -0.1) is 0 Å². The molecule has 0 bridgehead atoms. The van der Waals surface area contributed by atoms with E-state index in [9.17, 15) is 8.42 Å². The number of rotatable bonds is 5. The highest BCUT2D eigenvalue weighted by atomic mass is 32.2. The Morgan fingerprint density at radius 2 is 1.86 bits per heavy atom. The third-order valence-corrected chi connectivity index (χ3v) is 6.65. The lowest BCUT2D eigenvalue weighted by atomic mass is 9.95. The summed E-state index contributed by atoms with van der Waals surface area (Å²) < 4.78 is 27.5. The molecular formula is C20H21N5O2S.